The molecule has 0 aliphatic carbocycles. The molecule has 0 aromatic carbocycles. The molecule has 0 spiro atoms. The number of nitrogens with zero attached hydrogens (tertiary/aromatic N) is 5. The van der Waals surface area contributed by atoms with Crippen LogP contribution in [-0.4, -0.2) is 88.5 Å². The Morgan fingerprint density at radius 2 is 1.77 bits per heavy atom. The Bertz CT molecular complexity index is 978. The van der Waals surface area contributed by atoms with Gasteiger partial charge in [-0.3, -0.25) is 4.79 Å². The second-order valence-electron chi connectivity index (χ2n) is 9.80. The summed E-state index contributed by atoms with van der Waals surface area (Å²) in [6, 6.07) is 2.41. The number of carbonyl (C=O) groups is 1. The van der Waals surface area contributed by atoms with Crippen LogP contribution in [0.25, 0.3) is 11.5 Å². The van der Waals surface area contributed by atoms with Crippen LogP contribution in [0.3, 0.4) is 0 Å². The summed E-state index contributed by atoms with van der Waals surface area (Å²) in [4.78, 5) is 29.1. The molecule has 10 heteroatoms. The summed E-state index contributed by atoms with van der Waals surface area (Å²) >= 11 is 0. The van der Waals surface area contributed by atoms with Gasteiger partial charge in [-0.15, -0.1) is 0 Å². The van der Waals surface area contributed by atoms with Crippen LogP contribution < -0.4 is 10.1 Å². The van der Waals surface area contributed by atoms with Crippen molar-refractivity contribution in [2.45, 2.75) is 50.6 Å². The standard InChI is InChI=1S/C25H36N6O4/c1-30-17-26-15-22(30)24-28-21(14-23(29-24)35-16-18-4-10-33-11-5-18)25(32)27-19-2-8-31(9-3-19)20-6-12-34-13-7-20/h14-15,17-20H,2-13,16H2,1H3,(H,27,32). The molecule has 0 atom stereocenters. The second-order valence-corrected chi connectivity index (χ2v) is 9.80. The third-order valence-corrected chi connectivity index (χ3v) is 7.36. The van der Waals surface area contributed by atoms with E-state index < -0.39 is 0 Å². The molecule has 35 heavy (non-hydrogen) atoms. The number of ether oxygens (including phenoxy) is 3. The maximum atomic E-state index is 13.2. The Morgan fingerprint density at radius 3 is 2.46 bits per heavy atom. The third kappa shape index (κ3) is 6.17. The topological polar surface area (TPSA) is 104 Å². The normalized spacial score (nSPS) is 21.2. The lowest BCUT2D eigenvalue weighted by Crippen LogP contribution is -2.49. The molecule has 1 amide bonds. The van der Waals surface area contributed by atoms with Crippen molar-refractivity contribution in [3.8, 4) is 17.4 Å². The van der Waals surface area contributed by atoms with Crippen LogP contribution in [0.15, 0.2) is 18.6 Å². The van der Waals surface area contributed by atoms with Crippen molar-refractivity contribution in [3.05, 3.63) is 24.3 Å². The van der Waals surface area contributed by atoms with Crippen molar-refractivity contribution in [2.24, 2.45) is 13.0 Å². The lowest BCUT2D eigenvalue weighted by Gasteiger charge is -2.39. The monoisotopic (exact) mass is 484 g/mol. The first-order valence-corrected chi connectivity index (χ1v) is 12.8. The zero-order valence-electron chi connectivity index (χ0n) is 20.5. The average Bonchev–Trinajstić information content (AvgIpc) is 3.34. The fourth-order valence-electron chi connectivity index (χ4n) is 5.14. The quantitative estimate of drug-likeness (QED) is 0.637. The highest BCUT2D eigenvalue weighted by Crippen LogP contribution is 2.23. The van der Waals surface area contributed by atoms with Crippen molar-refractivity contribution in [3.63, 3.8) is 0 Å². The number of piperidine rings is 1. The molecule has 3 aliphatic rings. The third-order valence-electron chi connectivity index (χ3n) is 7.36. The van der Waals surface area contributed by atoms with Gasteiger partial charge in [-0.2, -0.15) is 4.98 Å². The van der Waals surface area contributed by atoms with Crippen molar-refractivity contribution in [2.75, 3.05) is 46.1 Å². The first-order chi connectivity index (χ1) is 17.2. The highest BCUT2D eigenvalue weighted by Gasteiger charge is 2.28. The molecule has 3 saturated heterocycles. The second kappa shape index (κ2) is 11.5. The van der Waals surface area contributed by atoms with Crippen molar-refractivity contribution < 1.29 is 19.0 Å². The van der Waals surface area contributed by atoms with Crippen LogP contribution in [-0.2, 0) is 16.5 Å². The van der Waals surface area contributed by atoms with Gasteiger partial charge in [-0.05, 0) is 44.4 Å². The van der Waals surface area contributed by atoms with Gasteiger partial charge in [-0.25, -0.2) is 9.97 Å². The van der Waals surface area contributed by atoms with Gasteiger partial charge in [0.15, 0.2) is 5.82 Å². The number of imidazole rings is 1. The van der Waals surface area contributed by atoms with Crippen molar-refractivity contribution in [1.82, 2.24) is 29.7 Å². The van der Waals surface area contributed by atoms with Gasteiger partial charge in [0, 0.05) is 64.7 Å². The lowest BCUT2D eigenvalue weighted by molar-refractivity contribution is 0.0238. The summed E-state index contributed by atoms with van der Waals surface area (Å²) in [5.74, 6) is 1.10. The van der Waals surface area contributed by atoms with Gasteiger partial charge in [0.1, 0.15) is 11.4 Å². The van der Waals surface area contributed by atoms with Gasteiger partial charge in [-0.1, -0.05) is 0 Å². The van der Waals surface area contributed by atoms with Crippen LogP contribution in [0.4, 0.5) is 0 Å². The minimum absolute atomic E-state index is 0.139. The summed E-state index contributed by atoms with van der Waals surface area (Å²) in [6.45, 7) is 5.78. The number of amides is 1. The number of hydrogen-bond donors (Lipinski definition) is 1. The van der Waals surface area contributed by atoms with Gasteiger partial charge in [0.2, 0.25) is 5.88 Å². The highest BCUT2D eigenvalue weighted by molar-refractivity contribution is 5.93. The van der Waals surface area contributed by atoms with Crippen molar-refractivity contribution in [1.29, 1.82) is 0 Å². The Balaban J connectivity index is 1.25. The number of likely N-dealkylation sites (tertiary alicyclic amines) is 1. The Hall–Kier alpha value is -2.56. The van der Waals surface area contributed by atoms with Crippen LogP contribution in [0.5, 0.6) is 5.88 Å². The van der Waals surface area contributed by atoms with E-state index in [1.54, 1.807) is 18.6 Å². The largest absolute Gasteiger partial charge is 0.477 e. The fourth-order valence-corrected chi connectivity index (χ4v) is 5.14. The Kier molecular flexibility index (Phi) is 7.90. The van der Waals surface area contributed by atoms with E-state index in [9.17, 15) is 4.79 Å². The van der Waals surface area contributed by atoms with Gasteiger partial charge >= 0.3 is 0 Å². The first kappa shape index (κ1) is 24.1. The van der Waals surface area contributed by atoms with Gasteiger partial charge in [0.25, 0.3) is 5.91 Å². The number of carbonyl (C=O) groups excluding carboxylic acids is 1. The summed E-state index contributed by atoms with van der Waals surface area (Å²) in [5.41, 5.74) is 1.06. The smallest absolute Gasteiger partial charge is 0.270 e. The maximum absolute atomic E-state index is 13.2. The summed E-state index contributed by atoms with van der Waals surface area (Å²) in [7, 11) is 1.88. The van der Waals surface area contributed by atoms with E-state index in [-0.39, 0.29) is 11.9 Å². The number of nitrogens with one attached hydrogen (secondary N) is 1. The molecule has 2 aromatic heterocycles. The summed E-state index contributed by atoms with van der Waals surface area (Å²) < 4.78 is 18.8. The van der Waals surface area contributed by atoms with Crippen LogP contribution >= 0.6 is 0 Å². The Labute approximate surface area is 206 Å². The minimum Gasteiger partial charge on any atom is -0.477 e. The molecule has 5 heterocycles. The summed E-state index contributed by atoms with van der Waals surface area (Å²) in [5, 5.41) is 3.20. The molecular weight excluding hydrogens is 448 g/mol. The van der Waals surface area contributed by atoms with E-state index in [0.29, 0.717) is 36.0 Å². The van der Waals surface area contributed by atoms with E-state index in [4.69, 9.17) is 14.2 Å². The summed E-state index contributed by atoms with van der Waals surface area (Å²) in [6.07, 6.45) is 9.42. The highest BCUT2D eigenvalue weighted by atomic mass is 16.5. The van der Waals surface area contributed by atoms with Gasteiger partial charge < -0.3 is 29.0 Å². The van der Waals surface area contributed by atoms with Crippen LogP contribution in [0.2, 0.25) is 0 Å². The van der Waals surface area contributed by atoms with E-state index in [1.165, 1.54) is 0 Å². The number of aryl methyl sites for hydroxylation is 1. The predicted octanol–water partition coefficient (Wildman–Crippen LogP) is 2.06. The maximum Gasteiger partial charge on any atom is 0.270 e. The number of rotatable bonds is 7. The average molecular weight is 485 g/mol. The zero-order valence-corrected chi connectivity index (χ0v) is 20.5. The van der Waals surface area contributed by atoms with Crippen LogP contribution in [0.1, 0.15) is 49.0 Å². The number of hydrogen-bond acceptors (Lipinski definition) is 8. The molecule has 0 bridgehead atoms. The van der Waals surface area contributed by atoms with E-state index >= 15 is 0 Å². The molecule has 0 saturated carbocycles. The van der Waals surface area contributed by atoms with Crippen molar-refractivity contribution >= 4 is 5.91 Å². The molecule has 0 radical (unpaired) electrons. The Morgan fingerprint density at radius 1 is 1.06 bits per heavy atom. The van der Waals surface area contributed by atoms with Gasteiger partial charge in [0.05, 0.1) is 19.1 Å². The van der Waals surface area contributed by atoms with E-state index in [1.807, 2.05) is 11.6 Å². The zero-order chi connectivity index (χ0) is 24.0. The number of aromatic nitrogens is 4. The fraction of sp³-hybridized carbons (Fsp3) is 0.680. The lowest BCUT2D eigenvalue weighted by atomic mass is 9.99. The predicted molar refractivity (Wildman–Crippen MR) is 129 cm³/mol. The molecule has 10 nitrogen and oxygen atoms in total. The molecule has 1 N–H and O–H groups in total. The molecule has 3 aliphatic heterocycles. The van der Waals surface area contributed by atoms with E-state index in [2.05, 4.69) is 25.2 Å². The molecular formula is C25H36N6O4. The molecule has 0 unspecified atom stereocenters. The first-order valence-electron chi connectivity index (χ1n) is 12.8. The van der Waals surface area contributed by atoms with E-state index in [0.717, 1.165) is 83.7 Å². The van der Waals surface area contributed by atoms with Crippen LogP contribution in [0, 0.1) is 5.92 Å². The molecule has 5 rings (SSSR count). The molecule has 2 aromatic rings. The SMILES string of the molecule is Cn1cncc1-c1nc(OCC2CCOCC2)cc(C(=O)NC2CCN(C3CCOCC3)CC2)n1. The minimum atomic E-state index is -0.184. The molecule has 190 valence electrons. The molecule has 3 fully saturated rings.